The fraction of sp³-hybridized carbons (Fsp3) is 0.588. The molecule has 5 nitrogen and oxygen atoms in total. The highest BCUT2D eigenvalue weighted by Crippen LogP contribution is 2.55. The van der Waals surface area contributed by atoms with E-state index in [1.807, 2.05) is 16.3 Å². The Morgan fingerprint density at radius 2 is 2.13 bits per heavy atom. The molecule has 2 aliphatic carbocycles. The molecule has 2 aromatic rings. The van der Waals surface area contributed by atoms with Gasteiger partial charge in [-0.2, -0.15) is 5.10 Å². The van der Waals surface area contributed by atoms with E-state index in [4.69, 9.17) is 0 Å². The molecule has 2 saturated carbocycles. The molecule has 0 radical (unpaired) electrons. The summed E-state index contributed by atoms with van der Waals surface area (Å²) in [7, 11) is 0. The van der Waals surface area contributed by atoms with Gasteiger partial charge >= 0.3 is 0 Å². The number of aromatic nitrogens is 3. The van der Waals surface area contributed by atoms with Gasteiger partial charge in [0.1, 0.15) is 0 Å². The Labute approximate surface area is 140 Å². The Kier molecular flexibility index (Phi) is 3.71. The molecule has 2 fully saturated rings. The second-order valence-electron chi connectivity index (χ2n) is 6.62. The Hall–Kier alpha value is -1.69. The second kappa shape index (κ2) is 5.74. The number of carbonyl (C=O) groups is 1. The van der Waals surface area contributed by atoms with E-state index >= 15 is 0 Å². The quantitative estimate of drug-likeness (QED) is 0.929. The number of carbonyl (C=O) groups excluding carboxylic acids is 1. The molecular formula is C17H22N4OS. The van der Waals surface area contributed by atoms with Crippen LogP contribution < -0.4 is 5.32 Å². The maximum atomic E-state index is 12.4. The lowest BCUT2D eigenvalue weighted by Crippen LogP contribution is -2.15. The standard InChI is InChI=1S/C17H22N4OS/c1-3-21-10(2)13(8-18-21)14-9-23-17(19-14)20-16(22)15-11-6-4-5-7-12(11)15/h8-9,11-12,15H,3-7H2,1-2H3,(H,19,20,22). The Balaban J connectivity index is 1.46. The van der Waals surface area contributed by atoms with Crippen molar-refractivity contribution in [3.05, 3.63) is 17.3 Å². The van der Waals surface area contributed by atoms with Crippen LogP contribution in [0.3, 0.4) is 0 Å². The third-order valence-corrected chi connectivity index (χ3v) is 6.13. The first-order valence-corrected chi connectivity index (χ1v) is 9.36. The van der Waals surface area contributed by atoms with Crippen LogP contribution >= 0.6 is 11.3 Å². The number of hydrogen-bond donors (Lipinski definition) is 1. The van der Waals surface area contributed by atoms with Gasteiger partial charge in [-0.15, -0.1) is 11.3 Å². The number of nitrogens with one attached hydrogen (secondary N) is 1. The van der Waals surface area contributed by atoms with Crippen molar-refractivity contribution in [2.75, 3.05) is 5.32 Å². The van der Waals surface area contributed by atoms with Crippen LogP contribution in [0, 0.1) is 24.7 Å². The third-order valence-electron chi connectivity index (χ3n) is 5.37. The first kappa shape index (κ1) is 14.9. The van der Waals surface area contributed by atoms with Crippen molar-refractivity contribution >= 4 is 22.4 Å². The van der Waals surface area contributed by atoms with Crippen LogP contribution in [-0.4, -0.2) is 20.7 Å². The lowest BCUT2D eigenvalue weighted by Gasteiger charge is -2.04. The lowest BCUT2D eigenvalue weighted by atomic mass is 10.0. The summed E-state index contributed by atoms with van der Waals surface area (Å²) in [4.78, 5) is 17.0. The highest BCUT2D eigenvalue weighted by Gasteiger charge is 2.54. The number of nitrogens with zero attached hydrogens (tertiary/aromatic N) is 3. The fourth-order valence-electron chi connectivity index (χ4n) is 4.04. The maximum Gasteiger partial charge on any atom is 0.229 e. The second-order valence-corrected chi connectivity index (χ2v) is 7.48. The minimum Gasteiger partial charge on any atom is -0.302 e. The number of hydrogen-bond acceptors (Lipinski definition) is 4. The topological polar surface area (TPSA) is 59.8 Å². The fourth-order valence-corrected chi connectivity index (χ4v) is 4.76. The van der Waals surface area contributed by atoms with Gasteiger partial charge in [-0.3, -0.25) is 9.48 Å². The first-order chi connectivity index (χ1) is 11.2. The van der Waals surface area contributed by atoms with Crippen LogP contribution in [0.5, 0.6) is 0 Å². The van der Waals surface area contributed by atoms with E-state index in [1.165, 1.54) is 37.0 Å². The summed E-state index contributed by atoms with van der Waals surface area (Å²) in [6.45, 7) is 4.98. The van der Waals surface area contributed by atoms with E-state index < -0.39 is 0 Å². The molecule has 0 spiro atoms. The van der Waals surface area contributed by atoms with Crippen LogP contribution in [0.2, 0.25) is 0 Å². The van der Waals surface area contributed by atoms with Crippen LogP contribution in [-0.2, 0) is 11.3 Å². The number of rotatable bonds is 4. The molecule has 0 saturated heterocycles. The summed E-state index contributed by atoms with van der Waals surface area (Å²) in [5.74, 6) is 1.67. The number of aryl methyl sites for hydroxylation is 1. The van der Waals surface area contributed by atoms with Gasteiger partial charge in [0.2, 0.25) is 5.91 Å². The summed E-state index contributed by atoms with van der Waals surface area (Å²) in [5, 5.41) is 10.1. The molecule has 2 aromatic heterocycles. The first-order valence-electron chi connectivity index (χ1n) is 8.48. The van der Waals surface area contributed by atoms with Gasteiger partial charge in [-0.1, -0.05) is 12.8 Å². The van der Waals surface area contributed by atoms with Gasteiger partial charge < -0.3 is 5.32 Å². The molecule has 2 atom stereocenters. The molecule has 23 heavy (non-hydrogen) atoms. The third kappa shape index (κ3) is 2.59. The number of thiazole rings is 1. The van der Waals surface area contributed by atoms with E-state index in [-0.39, 0.29) is 11.8 Å². The van der Waals surface area contributed by atoms with E-state index in [0.717, 1.165) is 23.5 Å². The molecule has 1 N–H and O–H groups in total. The smallest absolute Gasteiger partial charge is 0.229 e. The summed E-state index contributed by atoms with van der Waals surface area (Å²) < 4.78 is 1.96. The van der Waals surface area contributed by atoms with Crippen molar-refractivity contribution in [1.29, 1.82) is 0 Å². The summed E-state index contributed by atoms with van der Waals surface area (Å²) in [6, 6.07) is 0. The zero-order valence-electron chi connectivity index (χ0n) is 13.6. The van der Waals surface area contributed by atoms with E-state index in [0.29, 0.717) is 17.0 Å². The molecule has 6 heteroatoms. The Bertz CT molecular complexity index is 723. The molecule has 2 unspecified atom stereocenters. The average molecular weight is 330 g/mol. The molecule has 2 aliphatic rings. The summed E-state index contributed by atoms with van der Waals surface area (Å²) >= 11 is 1.50. The molecule has 4 rings (SSSR count). The monoisotopic (exact) mass is 330 g/mol. The van der Waals surface area contributed by atoms with E-state index in [9.17, 15) is 4.79 Å². The van der Waals surface area contributed by atoms with Gasteiger partial charge in [0.25, 0.3) is 0 Å². The summed E-state index contributed by atoms with van der Waals surface area (Å²) in [5.41, 5.74) is 3.06. The molecule has 122 valence electrons. The van der Waals surface area contributed by atoms with Crippen molar-refractivity contribution in [2.24, 2.45) is 17.8 Å². The molecule has 2 heterocycles. The normalized spacial score (nSPS) is 25.9. The SMILES string of the molecule is CCn1ncc(-c2csc(NC(=O)C3C4CCCCC43)n2)c1C. The molecule has 1 amide bonds. The van der Waals surface area contributed by atoms with E-state index in [2.05, 4.69) is 29.2 Å². The minimum atomic E-state index is 0.170. The Morgan fingerprint density at radius 3 is 2.78 bits per heavy atom. The van der Waals surface area contributed by atoms with Crippen LogP contribution in [0.4, 0.5) is 5.13 Å². The van der Waals surface area contributed by atoms with Crippen LogP contribution in [0.1, 0.15) is 38.3 Å². The van der Waals surface area contributed by atoms with Gasteiger partial charge in [-0.25, -0.2) is 4.98 Å². The zero-order chi connectivity index (χ0) is 16.0. The number of amides is 1. The van der Waals surface area contributed by atoms with E-state index in [1.54, 1.807) is 0 Å². The maximum absolute atomic E-state index is 12.4. The average Bonchev–Trinajstić information content (AvgIpc) is 2.91. The van der Waals surface area contributed by atoms with Gasteiger partial charge in [-0.05, 0) is 38.5 Å². The van der Waals surface area contributed by atoms with Crippen molar-refractivity contribution in [2.45, 2.75) is 46.1 Å². The highest BCUT2D eigenvalue weighted by atomic mass is 32.1. The van der Waals surface area contributed by atoms with Gasteiger partial charge in [0, 0.05) is 29.1 Å². The van der Waals surface area contributed by atoms with Crippen molar-refractivity contribution in [1.82, 2.24) is 14.8 Å². The van der Waals surface area contributed by atoms with Crippen LogP contribution in [0.25, 0.3) is 11.3 Å². The molecule has 0 bridgehead atoms. The van der Waals surface area contributed by atoms with Crippen LogP contribution in [0.15, 0.2) is 11.6 Å². The van der Waals surface area contributed by atoms with Gasteiger partial charge in [0.05, 0.1) is 11.9 Å². The largest absolute Gasteiger partial charge is 0.302 e. The predicted molar refractivity (Wildman–Crippen MR) is 91.3 cm³/mol. The predicted octanol–water partition coefficient (Wildman–Crippen LogP) is 3.71. The lowest BCUT2D eigenvalue weighted by molar-refractivity contribution is -0.117. The zero-order valence-corrected chi connectivity index (χ0v) is 14.4. The van der Waals surface area contributed by atoms with Crippen molar-refractivity contribution in [3.63, 3.8) is 0 Å². The highest BCUT2D eigenvalue weighted by molar-refractivity contribution is 7.14. The number of anilines is 1. The minimum absolute atomic E-state index is 0.170. The van der Waals surface area contributed by atoms with Crippen molar-refractivity contribution in [3.8, 4) is 11.3 Å². The van der Waals surface area contributed by atoms with Crippen molar-refractivity contribution < 1.29 is 4.79 Å². The van der Waals surface area contributed by atoms with Gasteiger partial charge in [0.15, 0.2) is 5.13 Å². The molecule has 0 aliphatic heterocycles. The molecular weight excluding hydrogens is 308 g/mol. The summed E-state index contributed by atoms with van der Waals surface area (Å²) in [6.07, 6.45) is 6.87. The number of fused-ring (bicyclic) bond motifs is 1. The Morgan fingerprint density at radius 1 is 1.39 bits per heavy atom. The molecule has 0 aromatic carbocycles.